The van der Waals surface area contributed by atoms with Gasteiger partial charge < -0.3 is 14.2 Å². The maximum absolute atomic E-state index is 12.5. The number of amides is 2. The molecule has 1 N–H and O–H groups in total. The van der Waals surface area contributed by atoms with Crippen molar-refractivity contribution < 1.29 is 18.8 Å². The van der Waals surface area contributed by atoms with Gasteiger partial charge in [0.05, 0.1) is 27.2 Å². The Labute approximate surface area is 187 Å². The number of likely N-dealkylation sites (tertiary alicyclic amines) is 1. The molecular weight excluding hydrogens is 428 g/mol. The molecule has 32 heavy (non-hydrogen) atoms. The molecule has 0 unspecified atom stereocenters. The molecule has 4 aromatic rings. The van der Waals surface area contributed by atoms with Crippen molar-refractivity contribution >= 4 is 39.3 Å². The van der Waals surface area contributed by atoms with Crippen molar-refractivity contribution in [2.24, 2.45) is 0 Å². The smallest absolute Gasteiger partial charge is 0.264 e. The number of carbonyl (C=O) groups excluding carboxylic acids is 2. The zero-order chi connectivity index (χ0) is 22.1. The van der Waals surface area contributed by atoms with E-state index in [1.165, 1.54) is 11.3 Å². The molecular formula is C23H20N4O4S. The molecule has 162 valence electrons. The predicted octanol–water partition coefficient (Wildman–Crippen LogP) is 4.41. The zero-order valence-electron chi connectivity index (χ0n) is 17.3. The van der Waals surface area contributed by atoms with Crippen LogP contribution in [0.1, 0.15) is 27.3 Å². The van der Waals surface area contributed by atoms with E-state index < -0.39 is 0 Å². The van der Waals surface area contributed by atoms with Crippen LogP contribution in [0.2, 0.25) is 0 Å². The van der Waals surface area contributed by atoms with Crippen LogP contribution in [0.5, 0.6) is 11.5 Å². The first-order valence-electron chi connectivity index (χ1n) is 10.2. The van der Waals surface area contributed by atoms with E-state index in [0.29, 0.717) is 28.0 Å². The molecule has 2 amide bonds. The average Bonchev–Trinajstić information content (AvgIpc) is 3.35. The summed E-state index contributed by atoms with van der Waals surface area (Å²) in [6.07, 6.45) is 2.93. The van der Waals surface area contributed by atoms with Gasteiger partial charge >= 0.3 is 0 Å². The normalized spacial score (nSPS) is 13.1. The summed E-state index contributed by atoms with van der Waals surface area (Å²) in [6.45, 7) is 3.41. The Bertz CT molecular complexity index is 1290. The number of thiophene rings is 1. The van der Waals surface area contributed by atoms with Gasteiger partial charge in [-0.3, -0.25) is 19.9 Å². The molecule has 0 aliphatic carbocycles. The van der Waals surface area contributed by atoms with Gasteiger partial charge in [-0.1, -0.05) is 17.3 Å². The minimum absolute atomic E-state index is 0.0494. The first-order chi connectivity index (χ1) is 15.5. The van der Waals surface area contributed by atoms with Crippen LogP contribution in [0.15, 0.2) is 53.2 Å². The minimum atomic E-state index is -0.191. The van der Waals surface area contributed by atoms with Gasteiger partial charge in [0.1, 0.15) is 11.5 Å². The molecule has 1 aromatic carbocycles. The van der Waals surface area contributed by atoms with Crippen LogP contribution in [0.4, 0.5) is 5.88 Å². The van der Waals surface area contributed by atoms with Crippen molar-refractivity contribution in [2.75, 3.05) is 18.4 Å². The van der Waals surface area contributed by atoms with Crippen molar-refractivity contribution in [1.82, 2.24) is 15.0 Å². The molecule has 1 fully saturated rings. The van der Waals surface area contributed by atoms with Crippen LogP contribution in [0.25, 0.3) is 10.2 Å². The monoisotopic (exact) mass is 448 g/mol. The molecule has 1 aliphatic rings. The number of hydrogen-bond acceptors (Lipinski definition) is 7. The number of nitrogens with one attached hydrogen (secondary N) is 1. The fraction of sp³-hybridized carbons (Fsp3) is 0.217. The molecule has 3 aromatic heterocycles. The summed E-state index contributed by atoms with van der Waals surface area (Å²) in [4.78, 5) is 31.6. The topological polar surface area (TPSA) is 97.6 Å². The molecule has 0 spiro atoms. The van der Waals surface area contributed by atoms with Crippen molar-refractivity contribution in [2.45, 2.75) is 19.8 Å². The standard InChI is InChI=1S/C23H20N4O4S/c1-14-11-21(31-26-14)25-20(28)12-15-3-5-16(6-4-15)30-18-7-8-24-17-13-19(32-22(17)18)23(29)27-9-2-10-27/h3-8,11,13H,2,9-10,12H2,1H3,(H,25,28). The number of anilines is 1. The van der Waals surface area contributed by atoms with Crippen LogP contribution < -0.4 is 10.1 Å². The Morgan fingerprint density at radius 3 is 2.69 bits per heavy atom. The first kappa shape index (κ1) is 20.2. The number of nitrogens with zero attached hydrogens (tertiary/aromatic N) is 3. The first-order valence-corrected chi connectivity index (χ1v) is 11.0. The van der Waals surface area contributed by atoms with Crippen LogP contribution >= 0.6 is 11.3 Å². The van der Waals surface area contributed by atoms with E-state index in [9.17, 15) is 9.59 Å². The number of hydrogen-bond donors (Lipinski definition) is 1. The van der Waals surface area contributed by atoms with Gasteiger partial charge in [0.15, 0.2) is 0 Å². The van der Waals surface area contributed by atoms with Crippen LogP contribution in [0.3, 0.4) is 0 Å². The third-order valence-electron chi connectivity index (χ3n) is 5.14. The van der Waals surface area contributed by atoms with E-state index in [0.717, 1.165) is 35.3 Å². The fourth-order valence-corrected chi connectivity index (χ4v) is 4.40. The van der Waals surface area contributed by atoms with Gasteiger partial charge in [-0.25, -0.2) is 0 Å². The largest absolute Gasteiger partial charge is 0.456 e. The summed E-state index contributed by atoms with van der Waals surface area (Å²) in [6, 6.07) is 12.6. The highest BCUT2D eigenvalue weighted by atomic mass is 32.1. The SMILES string of the molecule is Cc1cc(NC(=O)Cc2ccc(Oc3ccnc4cc(C(=O)N5CCC5)sc34)cc2)on1. The predicted molar refractivity (Wildman–Crippen MR) is 120 cm³/mol. The number of pyridine rings is 1. The van der Waals surface area contributed by atoms with Gasteiger partial charge in [0.25, 0.3) is 5.91 Å². The van der Waals surface area contributed by atoms with Gasteiger partial charge in [-0.15, -0.1) is 11.3 Å². The third-order valence-corrected chi connectivity index (χ3v) is 6.26. The lowest BCUT2D eigenvalue weighted by Gasteiger charge is -2.30. The Kier molecular flexibility index (Phi) is 5.32. The molecule has 0 bridgehead atoms. The summed E-state index contributed by atoms with van der Waals surface area (Å²) < 4.78 is 11.9. The highest BCUT2D eigenvalue weighted by molar-refractivity contribution is 7.21. The second-order valence-corrected chi connectivity index (χ2v) is 8.64. The van der Waals surface area contributed by atoms with Gasteiger partial charge in [-0.05, 0) is 37.1 Å². The number of rotatable bonds is 6. The van der Waals surface area contributed by atoms with Crippen molar-refractivity contribution in [1.29, 1.82) is 0 Å². The minimum Gasteiger partial charge on any atom is -0.456 e. The van der Waals surface area contributed by atoms with Crippen LogP contribution in [0, 0.1) is 6.92 Å². The molecule has 5 rings (SSSR count). The van der Waals surface area contributed by atoms with Crippen molar-refractivity contribution in [3.05, 3.63) is 64.8 Å². The van der Waals surface area contributed by atoms with Crippen molar-refractivity contribution in [3.63, 3.8) is 0 Å². The molecule has 4 heterocycles. The summed E-state index contributed by atoms with van der Waals surface area (Å²) in [7, 11) is 0. The van der Waals surface area contributed by atoms with Gasteiger partial charge in [-0.2, -0.15) is 0 Å². The van der Waals surface area contributed by atoms with Crippen molar-refractivity contribution in [3.8, 4) is 11.5 Å². The number of fused-ring (bicyclic) bond motifs is 1. The maximum atomic E-state index is 12.5. The second-order valence-electron chi connectivity index (χ2n) is 7.58. The Morgan fingerprint density at radius 1 is 1.19 bits per heavy atom. The number of carbonyl (C=O) groups is 2. The van der Waals surface area contributed by atoms with Gasteiger partial charge in [0, 0.05) is 31.4 Å². The van der Waals surface area contributed by atoms with Crippen LogP contribution in [-0.4, -0.2) is 39.9 Å². The van der Waals surface area contributed by atoms with Gasteiger partial charge in [0.2, 0.25) is 11.8 Å². The molecule has 8 nitrogen and oxygen atoms in total. The zero-order valence-corrected chi connectivity index (χ0v) is 18.1. The molecule has 1 aliphatic heterocycles. The third kappa shape index (κ3) is 4.19. The quantitative estimate of drug-likeness (QED) is 0.469. The van der Waals surface area contributed by atoms with E-state index in [1.54, 1.807) is 25.3 Å². The Balaban J connectivity index is 1.27. The molecule has 0 saturated carbocycles. The molecule has 0 radical (unpaired) electrons. The Hall–Kier alpha value is -3.72. The summed E-state index contributed by atoms with van der Waals surface area (Å²) in [5, 5.41) is 6.42. The Morgan fingerprint density at radius 2 is 2.00 bits per heavy atom. The lowest BCUT2D eigenvalue weighted by atomic mass is 10.1. The fourth-order valence-electron chi connectivity index (χ4n) is 3.37. The second kappa shape index (κ2) is 8.43. The summed E-state index contributed by atoms with van der Waals surface area (Å²) in [5.74, 6) is 1.47. The summed E-state index contributed by atoms with van der Waals surface area (Å²) >= 11 is 1.40. The number of benzene rings is 1. The maximum Gasteiger partial charge on any atom is 0.264 e. The lowest BCUT2D eigenvalue weighted by molar-refractivity contribution is -0.115. The van der Waals surface area contributed by atoms with Crippen LogP contribution in [-0.2, 0) is 11.2 Å². The average molecular weight is 449 g/mol. The summed E-state index contributed by atoms with van der Waals surface area (Å²) in [5.41, 5.74) is 2.28. The van der Waals surface area contributed by atoms with E-state index in [4.69, 9.17) is 9.26 Å². The molecule has 9 heteroatoms. The number of aryl methyl sites for hydroxylation is 1. The van der Waals surface area contributed by atoms with E-state index in [1.807, 2.05) is 35.2 Å². The highest BCUT2D eigenvalue weighted by Gasteiger charge is 2.24. The van der Waals surface area contributed by atoms with E-state index in [2.05, 4.69) is 15.5 Å². The highest BCUT2D eigenvalue weighted by Crippen LogP contribution is 2.35. The van der Waals surface area contributed by atoms with E-state index >= 15 is 0 Å². The molecule has 1 saturated heterocycles. The van der Waals surface area contributed by atoms with E-state index in [-0.39, 0.29) is 18.2 Å². The molecule has 0 atom stereocenters. The number of aromatic nitrogens is 2. The number of ether oxygens (including phenoxy) is 1. The lowest BCUT2D eigenvalue weighted by Crippen LogP contribution is -2.41.